The van der Waals surface area contributed by atoms with Gasteiger partial charge < -0.3 is 14.9 Å². The largest absolute Gasteiger partial charge is 0.507 e. The number of aliphatic hydroxyl groups excluding tert-OH is 1. The summed E-state index contributed by atoms with van der Waals surface area (Å²) in [6.07, 6.45) is 0.778. The number of ketones is 1. The molecule has 1 amide bonds. The highest BCUT2D eigenvalue weighted by atomic mass is 32.1. The molecule has 0 aliphatic carbocycles. The van der Waals surface area contributed by atoms with Crippen LogP contribution in [-0.4, -0.2) is 52.8 Å². The predicted octanol–water partition coefficient (Wildman–Crippen LogP) is 4.52. The lowest BCUT2D eigenvalue weighted by atomic mass is 9.96. The zero-order valence-corrected chi connectivity index (χ0v) is 19.0. The third-order valence-corrected chi connectivity index (χ3v) is 6.69. The fourth-order valence-electron chi connectivity index (χ4n) is 3.99. The SMILES string of the molecule is CCN(CC)CCCN1C(=O)C(=O)C(=C(O)c2cc(C)ccc2C)[C@H]1c1cccs1. The van der Waals surface area contributed by atoms with Gasteiger partial charge in [-0.25, -0.2) is 0 Å². The first-order valence-corrected chi connectivity index (χ1v) is 11.4. The zero-order chi connectivity index (χ0) is 21.8. The highest BCUT2D eigenvalue weighted by molar-refractivity contribution is 7.10. The number of carbonyl (C=O) groups is 2. The molecule has 30 heavy (non-hydrogen) atoms. The average Bonchev–Trinajstić information content (AvgIpc) is 3.35. The van der Waals surface area contributed by atoms with Crippen LogP contribution in [0.4, 0.5) is 0 Å². The number of rotatable bonds is 8. The van der Waals surface area contributed by atoms with E-state index in [1.54, 1.807) is 4.90 Å². The number of aryl methyl sites for hydroxylation is 2. The maximum atomic E-state index is 13.0. The lowest BCUT2D eigenvalue weighted by Crippen LogP contribution is -2.33. The van der Waals surface area contributed by atoms with Crippen molar-refractivity contribution in [2.24, 2.45) is 0 Å². The number of aliphatic hydroxyl groups is 1. The number of hydrogen-bond donors (Lipinski definition) is 1. The molecule has 1 aromatic carbocycles. The van der Waals surface area contributed by atoms with Gasteiger partial charge in [-0.2, -0.15) is 0 Å². The molecule has 0 radical (unpaired) electrons. The minimum Gasteiger partial charge on any atom is -0.507 e. The van der Waals surface area contributed by atoms with Gasteiger partial charge in [-0.3, -0.25) is 9.59 Å². The van der Waals surface area contributed by atoms with Crippen LogP contribution >= 0.6 is 11.3 Å². The molecule has 2 heterocycles. The van der Waals surface area contributed by atoms with E-state index in [-0.39, 0.29) is 11.3 Å². The molecule has 1 fully saturated rings. The second-order valence-corrected chi connectivity index (χ2v) is 8.69. The number of benzene rings is 1. The Bertz CT molecular complexity index is 945. The first-order valence-electron chi connectivity index (χ1n) is 10.5. The highest BCUT2D eigenvalue weighted by Gasteiger charge is 2.46. The van der Waals surface area contributed by atoms with Gasteiger partial charge in [-0.15, -0.1) is 11.3 Å². The normalized spacial score (nSPS) is 18.6. The Hall–Kier alpha value is -2.44. The standard InChI is InChI=1S/C24H30N2O3S/c1-5-25(6-2)12-8-13-26-21(19-9-7-14-30-19)20(23(28)24(26)29)22(27)18-15-16(3)10-11-17(18)4/h7,9-11,14-15,21,27H,5-6,8,12-13H2,1-4H3/t21-/m1/s1. The Kier molecular flexibility index (Phi) is 7.10. The zero-order valence-electron chi connectivity index (χ0n) is 18.1. The number of likely N-dealkylation sites (tertiary alicyclic amines) is 1. The molecular formula is C24H30N2O3S. The van der Waals surface area contributed by atoms with Crippen LogP contribution in [-0.2, 0) is 9.59 Å². The molecule has 1 atom stereocenters. The van der Waals surface area contributed by atoms with Crippen molar-refractivity contribution in [3.63, 3.8) is 0 Å². The van der Waals surface area contributed by atoms with Crippen molar-refractivity contribution in [1.82, 2.24) is 9.80 Å². The molecule has 0 saturated carbocycles. The molecule has 0 unspecified atom stereocenters. The van der Waals surface area contributed by atoms with Crippen LogP contribution in [0.1, 0.15) is 47.9 Å². The van der Waals surface area contributed by atoms with E-state index in [1.165, 1.54) is 11.3 Å². The molecule has 0 bridgehead atoms. The van der Waals surface area contributed by atoms with Gasteiger partial charge in [0, 0.05) is 17.0 Å². The van der Waals surface area contributed by atoms with Gasteiger partial charge in [-0.1, -0.05) is 37.6 Å². The third-order valence-electron chi connectivity index (χ3n) is 5.77. The lowest BCUT2D eigenvalue weighted by Gasteiger charge is -2.26. The second kappa shape index (κ2) is 9.58. The van der Waals surface area contributed by atoms with Crippen molar-refractivity contribution in [1.29, 1.82) is 0 Å². The van der Waals surface area contributed by atoms with E-state index in [9.17, 15) is 14.7 Å². The molecule has 5 nitrogen and oxygen atoms in total. The maximum Gasteiger partial charge on any atom is 0.295 e. The highest BCUT2D eigenvalue weighted by Crippen LogP contribution is 2.41. The number of carbonyl (C=O) groups excluding carboxylic acids is 2. The second-order valence-electron chi connectivity index (χ2n) is 7.71. The first-order chi connectivity index (χ1) is 14.4. The average molecular weight is 427 g/mol. The molecular weight excluding hydrogens is 396 g/mol. The number of amides is 1. The van der Waals surface area contributed by atoms with Gasteiger partial charge in [0.1, 0.15) is 5.76 Å². The van der Waals surface area contributed by atoms with Crippen LogP contribution in [0.5, 0.6) is 0 Å². The molecule has 3 rings (SSSR count). The Morgan fingerprint density at radius 1 is 1.17 bits per heavy atom. The van der Waals surface area contributed by atoms with Crippen molar-refractivity contribution in [3.05, 3.63) is 62.9 Å². The van der Waals surface area contributed by atoms with Crippen LogP contribution < -0.4 is 0 Å². The molecule has 2 aromatic rings. The molecule has 1 N–H and O–H groups in total. The topological polar surface area (TPSA) is 60.9 Å². The summed E-state index contributed by atoms with van der Waals surface area (Å²) in [5, 5.41) is 13.1. The van der Waals surface area contributed by atoms with Crippen molar-refractivity contribution in [3.8, 4) is 0 Å². The fraction of sp³-hybridized carbons (Fsp3) is 0.417. The quantitative estimate of drug-likeness (QED) is 0.383. The van der Waals surface area contributed by atoms with Gasteiger partial charge in [0.15, 0.2) is 0 Å². The van der Waals surface area contributed by atoms with Crippen LogP contribution in [0.3, 0.4) is 0 Å². The van der Waals surface area contributed by atoms with E-state index in [4.69, 9.17) is 0 Å². The Morgan fingerprint density at radius 3 is 2.53 bits per heavy atom. The summed E-state index contributed by atoms with van der Waals surface area (Å²) in [6, 6.07) is 9.05. The van der Waals surface area contributed by atoms with E-state index >= 15 is 0 Å². The number of Topliss-reactive ketones (excluding diaryl/α,β-unsaturated/α-hetero) is 1. The summed E-state index contributed by atoms with van der Waals surface area (Å²) < 4.78 is 0. The minimum atomic E-state index is -0.602. The van der Waals surface area contributed by atoms with Crippen molar-refractivity contribution in [2.75, 3.05) is 26.2 Å². The van der Waals surface area contributed by atoms with Crippen LogP contribution in [0.25, 0.3) is 5.76 Å². The van der Waals surface area contributed by atoms with E-state index < -0.39 is 17.7 Å². The van der Waals surface area contributed by atoms with E-state index in [2.05, 4.69) is 18.7 Å². The smallest absolute Gasteiger partial charge is 0.295 e. The maximum absolute atomic E-state index is 13.0. The van der Waals surface area contributed by atoms with Gasteiger partial charge in [0.2, 0.25) is 0 Å². The van der Waals surface area contributed by atoms with Gasteiger partial charge in [-0.05, 0) is 63.0 Å². The van der Waals surface area contributed by atoms with Crippen LogP contribution in [0.2, 0.25) is 0 Å². The first kappa shape index (κ1) is 22.2. The summed E-state index contributed by atoms with van der Waals surface area (Å²) >= 11 is 1.50. The van der Waals surface area contributed by atoms with Gasteiger partial charge >= 0.3 is 0 Å². The third kappa shape index (κ3) is 4.35. The van der Waals surface area contributed by atoms with Crippen molar-refractivity contribution >= 4 is 28.8 Å². The van der Waals surface area contributed by atoms with E-state index in [1.807, 2.05) is 49.6 Å². The summed E-state index contributed by atoms with van der Waals surface area (Å²) in [5.41, 5.74) is 2.66. The van der Waals surface area contributed by atoms with E-state index in [0.717, 1.165) is 42.1 Å². The number of hydrogen-bond acceptors (Lipinski definition) is 5. The van der Waals surface area contributed by atoms with Gasteiger partial charge in [0.25, 0.3) is 11.7 Å². The van der Waals surface area contributed by atoms with Crippen LogP contribution in [0.15, 0.2) is 41.3 Å². The monoisotopic (exact) mass is 426 g/mol. The Morgan fingerprint density at radius 2 is 1.90 bits per heavy atom. The predicted molar refractivity (Wildman–Crippen MR) is 122 cm³/mol. The van der Waals surface area contributed by atoms with E-state index in [0.29, 0.717) is 12.1 Å². The molecule has 1 aromatic heterocycles. The lowest BCUT2D eigenvalue weighted by molar-refractivity contribution is -0.139. The number of thiophene rings is 1. The Balaban J connectivity index is 2.01. The molecule has 160 valence electrons. The fourth-order valence-corrected chi connectivity index (χ4v) is 4.84. The van der Waals surface area contributed by atoms with Gasteiger partial charge in [0.05, 0.1) is 11.6 Å². The molecule has 1 aliphatic heterocycles. The molecule has 6 heteroatoms. The minimum absolute atomic E-state index is 0.0841. The Labute approximate surface area is 182 Å². The molecule has 1 saturated heterocycles. The summed E-state index contributed by atoms with van der Waals surface area (Å²) in [7, 11) is 0. The van der Waals surface area contributed by atoms with Crippen LogP contribution in [0, 0.1) is 13.8 Å². The number of nitrogens with zero attached hydrogens (tertiary/aromatic N) is 2. The summed E-state index contributed by atoms with van der Waals surface area (Å²) in [4.78, 5) is 30.8. The molecule has 0 spiro atoms. The van der Waals surface area contributed by atoms with Crippen molar-refractivity contribution in [2.45, 2.75) is 40.2 Å². The molecule has 1 aliphatic rings. The van der Waals surface area contributed by atoms with Crippen molar-refractivity contribution < 1.29 is 14.7 Å². The summed E-state index contributed by atoms with van der Waals surface area (Å²) in [5.74, 6) is -1.21. The summed E-state index contributed by atoms with van der Waals surface area (Å²) in [6.45, 7) is 11.3.